The number of ether oxygens (including phenoxy) is 2. The third-order valence-electron chi connectivity index (χ3n) is 7.55. The number of carbonyl (C=O) groups excluding carboxylic acids is 1. The summed E-state index contributed by atoms with van der Waals surface area (Å²) in [5, 5.41) is 3.02. The smallest absolute Gasteiger partial charge is 0.255 e. The number of aryl methyl sites for hydroxylation is 2. The molecule has 40 heavy (non-hydrogen) atoms. The lowest BCUT2D eigenvalue weighted by Gasteiger charge is -2.12. The lowest BCUT2D eigenvalue weighted by Crippen LogP contribution is -2.24. The van der Waals surface area contributed by atoms with Crippen molar-refractivity contribution in [1.29, 1.82) is 0 Å². The Morgan fingerprint density at radius 1 is 0.925 bits per heavy atom. The molecule has 0 spiro atoms. The fraction of sp³-hybridized carbons (Fsp3) is 0.412. The van der Waals surface area contributed by atoms with Gasteiger partial charge in [-0.15, -0.1) is 0 Å². The molecule has 1 amide bonds. The normalized spacial score (nSPS) is 11.9. The zero-order chi connectivity index (χ0) is 28.2. The van der Waals surface area contributed by atoms with Gasteiger partial charge in [-0.2, -0.15) is 0 Å². The van der Waals surface area contributed by atoms with Gasteiger partial charge in [-0.1, -0.05) is 56.7 Å². The largest absolute Gasteiger partial charge is 0.496 e. The summed E-state index contributed by atoms with van der Waals surface area (Å²) < 4.78 is 13.7. The highest BCUT2D eigenvalue weighted by molar-refractivity contribution is 5.96. The molecule has 0 fully saturated rings. The van der Waals surface area contributed by atoms with Crippen molar-refractivity contribution in [2.75, 3.05) is 20.3 Å². The molecule has 4 aromatic rings. The van der Waals surface area contributed by atoms with E-state index in [0.29, 0.717) is 30.4 Å². The number of carbonyl (C=O) groups is 1. The molecule has 0 saturated carbocycles. The first-order chi connectivity index (χ1) is 19.6. The topological polar surface area (TPSA) is 65.4 Å². The van der Waals surface area contributed by atoms with E-state index in [2.05, 4.69) is 66.2 Å². The number of aromatic nitrogens is 2. The van der Waals surface area contributed by atoms with Crippen molar-refractivity contribution in [2.24, 2.45) is 0 Å². The first kappa shape index (κ1) is 29.2. The maximum atomic E-state index is 12.5. The van der Waals surface area contributed by atoms with Crippen LogP contribution in [0.25, 0.3) is 11.0 Å². The summed E-state index contributed by atoms with van der Waals surface area (Å²) in [5.74, 6) is 3.17. The van der Waals surface area contributed by atoms with Crippen LogP contribution in [0.3, 0.4) is 0 Å². The molecule has 1 N–H and O–H groups in total. The van der Waals surface area contributed by atoms with Crippen LogP contribution >= 0.6 is 0 Å². The molecular weight excluding hydrogens is 498 g/mol. The van der Waals surface area contributed by atoms with Crippen LogP contribution in [0.5, 0.6) is 11.5 Å². The maximum Gasteiger partial charge on any atom is 0.255 e. The van der Waals surface area contributed by atoms with Gasteiger partial charge in [0.2, 0.25) is 0 Å². The molecule has 1 atom stereocenters. The number of benzene rings is 3. The number of amides is 1. The molecule has 0 aliphatic carbocycles. The fourth-order valence-electron chi connectivity index (χ4n) is 4.97. The number of nitrogens with one attached hydrogen (secondary N) is 1. The van der Waals surface area contributed by atoms with Gasteiger partial charge in [0, 0.05) is 19.5 Å². The minimum absolute atomic E-state index is 0.0914. The molecule has 4 rings (SSSR count). The summed E-state index contributed by atoms with van der Waals surface area (Å²) in [6, 6.07) is 24.2. The van der Waals surface area contributed by atoms with E-state index in [4.69, 9.17) is 14.5 Å². The minimum Gasteiger partial charge on any atom is -0.496 e. The zero-order valence-corrected chi connectivity index (χ0v) is 24.2. The Balaban J connectivity index is 1.21. The van der Waals surface area contributed by atoms with Gasteiger partial charge in [0.1, 0.15) is 17.3 Å². The van der Waals surface area contributed by atoms with Crippen LogP contribution in [0.4, 0.5) is 0 Å². The fourth-order valence-corrected chi connectivity index (χ4v) is 4.97. The second-order valence-electron chi connectivity index (χ2n) is 10.4. The van der Waals surface area contributed by atoms with E-state index < -0.39 is 0 Å². The Morgan fingerprint density at radius 2 is 1.70 bits per heavy atom. The van der Waals surface area contributed by atoms with E-state index in [1.807, 2.05) is 18.2 Å². The average molecular weight is 542 g/mol. The number of nitrogens with zero attached hydrogens (tertiary/aromatic N) is 2. The highest BCUT2D eigenvalue weighted by atomic mass is 16.5. The van der Waals surface area contributed by atoms with Crippen LogP contribution in [0.2, 0.25) is 0 Å². The predicted molar refractivity (Wildman–Crippen MR) is 162 cm³/mol. The number of unbranched alkanes of at least 4 members (excludes halogenated alkanes) is 3. The SMILES string of the molecule is CCC(C)c1ccc(OCCCCn2c(CCCCCNC(=O)c3ccccc3OC)nc3ccccc32)cc1. The Morgan fingerprint density at radius 3 is 2.50 bits per heavy atom. The standard InChI is InChI=1S/C34H43N3O3/c1-4-26(2)27-19-21-28(22-20-27)40-25-13-12-24-37-31-16-9-8-15-30(31)36-33(37)18-6-5-11-23-35-34(38)29-14-7-10-17-32(29)39-3/h7-10,14-17,19-22,26H,4-6,11-13,18,23-25H2,1-3H3,(H,35,38). The molecule has 6 heteroatoms. The molecule has 1 unspecified atom stereocenters. The van der Waals surface area contributed by atoms with Gasteiger partial charge in [-0.25, -0.2) is 4.98 Å². The van der Waals surface area contributed by atoms with E-state index in [-0.39, 0.29) is 5.91 Å². The van der Waals surface area contributed by atoms with Crippen molar-refractivity contribution in [3.8, 4) is 11.5 Å². The summed E-state index contributed by atoms with van der Waals surface area (Å²) in [6.07, 6.45) is 7.08. The van der Waals surface area contributed by atoms with Gasteiger partial charge in [-0.05, 0) is 80.0 Å². The third-order valence-corrected chi connectivity index (χ3v) is 7.55. The lowest BCUT2D eigenvalue weighted by atomic mass is 9.99. The minimum atomic E-state index is -0.0914. The third kappa shape index (κ3) is 7.87. The molecule has 212 valence electrons. The number of hydrogen-bond donors (Lipinski definition) is 1. The van der Waals surface area contributed by atoms with Crippen LogP contribution in [0, 0.1) is 0 Å². The quantitative estimate of drug-likeness (QED) is 0.149. The van der Waals surface area contributed by atoms with E-state index in [0.717, 1.165) is 68.6 Å². The summed E-state index contributed by atoms with van der Waals surface area (Å²) in [4.78, 5) is 17.4. The monoisotopic (exact) mass is 541 g/mol. The van der Waals surface area contributed by atoms with Crippen molar-refractivity contribution in [3.05, 3.63) is 89.7 Å². The molecule has 0 saturated heterocycles. The number of para-hydroxylation sites is 3. The number of methoxy groups -OCH3 is 1. The summed E-state index contributed by atoms with van der Waals surface area (Å²) in [6.45, 7) is 6.77. The van der Waals surface area contributed by atoms with Crippen molar-refractivity contribution < 1.29 is 14.3 Å². The average Bonchev–Trinajstić information content (AvgIpc) is 3.35. The van der Waals surface area contributed by atoms with Gasteiger partial charge in [-0.3, -0.25) is 4.79 Å². The van der Waals surface area contributed by atoms with Crippen LogP contribution in [-0.4, -0.2) is 35.7 Å². The molecule has 0 aliphatic heterocycles. The number of imidazole rings is 1. The molecule has 0 radical (unpaired) electrons. The van der Waals surface area contributed by atoms with Gasteiger partial charge in [0.05, 0.1) is 30.3 Å². The Labute approximate surface area is 238 Å². The summed E-state index contributed by atoms with van der Waals surface area (Å²) in [5.41, 5.74) is 4.19. The first-order valence-corrected chi connectivity index (χ1v) is 14.7. The molecule has 3 aromatic carbocycles. The first-order valence-electron chi connectivity index (χ1n) is 14.7. The van der Waals surface area contributed by atoms with Crippen LogP contribution in [-0.2, 0) is 13.0 Å². The molecule has 1 aromatic heterocycles. The lowest BCUT2D eigenvalue weighted by molar-refractivity contribution is 0.0950. The predicted octanol–water partition coefficient (Wildman–Crippen LogP) is 7.56. The Hall–Kier alpha value is -3.80. The van der Waals surface area contributed by atoms with Crippen molar-refractivity contribution in [2.45, 2.75) is 71.3 Å². The summed E-state index contributed by atoms with van der Waals surface area (Å²) in [7, 11) is 1.58. The second kappa shape index (κ2) is 15.1. The number of fused-ring (bicyclic) bond motifs is 1. The molecular formula is C34H43N3O3. The van der Waals surface area contributed by atoms with Gasteiger partial charge < -0.3 is 19.4 Å². The highest BCUT2D eigenvalue weighted by Gasteiger charge is 2.12. The molecule has 6 nitrogen and oxygen atoms in total. The Bertz CT molecular complexity index is 1350. The molecule has 0 bridgehead atoms. The summed E-state index contributed by atoms with van der Waals surface area (Å²) >= 11 is 0. The molecule has 0 aliphatic rings. The van der Waals surface area contributed by atoms with Crippen molar-refractivity contribution in [1.82, 2.24) is 14.9 Å². The zero-order valence-electron chi connectivity index (χ0n) is 24.2. The Kier molecular flexibility index (Phi) is 11.0. The van der Waals surface area contributed by atoms with Gasteiger partial charge in [0.15, 0.2) is 0 Å². The van der Waals surface area contributed by atoms with Gasteiger partial charge >= 0.3 is 0 Å². The van der Waals surface area contributed by atoms with Crippen LogP contribution in [0.15, 0.2) is 72.8 Å². The van der Waals surface area contributed by atoms with E-state index in [9.17, 15) is 4.79 Å². The number of rotatable bonds is 16. The number of hydrogen-bond acceptors (Lipinski definition) is 4. The van der Waals surface area contributed by atoms with Crippen molar-refractivity contribution >= 4 is 16.9 Å². The van der Waals surface area contributed by atoms with E-state index in [1.54, 1.807) is 19.2 Å². The maximum absolute atomic E-state index is 12.5. The van der Waals surface area contributed by atoms with E-state index in [1.165, 1.54) is 11.1 Å². The van der Waals surface area contributed by atoms with E-state index >= 15 is 0 Å². The van der Waals surface area contributed by atoms with Gasteiger partial charge in [0.25, 0.3) is 5.91 Å². The molecule has 1 heterocycles. The van der Waals surface area contributed by atoms with Crippen molar-refractivity contribution in [3.63, 3.8) is 0 Å². The van der Waals surface area contributed by atoms with Crippen LogP contribution in [0.1, 0.15) is 80.0 Å². The second-order valence-corrected chi connectivity index (χ2v) is 10.4. The van der Waals surface area contributed by atoms with Crippen LogP contribution < -0.4 is 14.8 Å². The highest BCUT2D eigenvalue weighted by Crippen LogP contribution is 2.22.